The number of hydrogen-bond acceptors (Lipinski definition) is 6. The Kier molecular flexibility index (Phi) is 5.61. The first kappa shape index (κ1) is 21.1. The van der Waals surface area contributed by atoms with E-state index in [-0.39, 0.29) is 31.7 Å². The SMILES string of the molecule is Cn1cc(S(=O)(=O)[C@](C)(F)C2CCN(C(=O)Nc3ccon3)CC2)c(C(F)F)n1. The second-order valence-electron chi connectivity index (χ2n) is 6.92. The molecule has 0 bridgehead atoms. The number of carbonyl (C=O) groups is 1. The van der Waals surface area contributed by atoms with Gasteiger partial charge in [0.25, 0.3) is 6.43 Å². The van der Waals surface area contributed by atoms with Gasteiger partial charge in [0.2, 0.25) is 14.8 Å². The number of alkyl halides is 3. The Bertz CT molecular complexity index is 967. The first-order chi connectivity index (χ1) is 13.5. The Morgan fingerprint density at radius 1 is 1.38 bits per heavy atom. The van der Waals surface area contributed by atoms with E-state index in [1.54, 1.807) is 0 Å². The highest BCUT2D eigenvalue weighted by molar-refractivity contribution is 7.92. The predicted molar refractivity (Wildman–Crippen MR) is 94.7 cm³/mol. The largest absolute Gasteiger partial charge is 0.363 e. The molecule has 1 atom stereocenters. The molecule has 1 N–H and O–H groups in total. The summed E-state index contributed by atoms with van der Waals surface area (Å²) in [6, 6.07) is 0.970. The van der Waals surface area contributed by atoms with Crippen LogP contribution in [-0.2, 0) is 16.9 Å². The number of amides is 2. The molecule has 0 aromatic carbocycles. The minimum absolute atomic E-state index is 0.0444. The normalized spacial score (nSPS) is 18.1. The van der Waals surface area contributed by atoms with E-state index < -0.39 is 43.8 Å². The summed E-state index contributed by atoms with van der Waals surface area (Å²) >= 11 is 0. The molecule has 29 heavy (non-hydrogen) atoms. The maximum Gasteiger partial charge on any atom is 0.323 e. The Morgan fingerprint density at radius 3 is 2.59 bits per heavy atom. The van der Waals surface area contributed by atoms with Crippen LogP contribution in [0.15, 0.2) is 27.9 Å². The van der Waals surface area contributed by atoms with Crippen LogP contribution >= 0.6 is 0 Å². The number of nitrogens with zero attached hydrogens (tertiary/aromatic N) is 4. The molecule has 1 aliphatic heterocycles. The van der Waals surface area contributed by atoms with Gasteiger partial charge >= 0.3 is 6.03 Å². The zero-order valence-corrected chi connectivity index (χ0v) is 16.5. The maximum atomic E-state index is 15.5. The van der Waals surface area contributed by atoms with Gasteiger partial charge in [0.05, 0.1) is 0 Å². The van der Waals surface area contributed by atoms with Crippen LogP contribution in [0.1, 0.15) is 31.9 Å². The van der Waals surface area contributed by atoms with Gasteiger partial charge in [-0.25, -0.2) is 26.4 Å². The van der Waals surface area contributed by atoms with Gasteiger partial charge in [0, 0.05) is 38.3 Å². The van der Waals surface area contributed by atoms with E-state index in [9.17, 15) is 22.0 Å². The minimum atomic E-state index is -4.74. The Hall–Kier alpha value is -2.57. The van der Waals surface area contributed by atoms with Crippen LogP contribution in [0, 0.1) is 5.92 Å². The highest BCUT2D eigenvalue weighted by Crippen LogP contribution is 2.41. The number of aromatic nitrogens is 3. The molecule has 13 heteroatoms. The fourth-order valence-corrected chi connectivity index (χ4v) is 5.14. The van der Waals surface area contributed by atoms with Crippen LogP contribution in [0.5, 0.6) is 0 Å². The number of hydrogen-bond donors (Lipinski definition) is 1. The zero-order chi connectivity index (χ0) is 21.4. The van der Waals surface area contributed by atoms with Crippen molar-refractivity contribution in [3.05, 3.63) is 24.2 Å². The van der Waals surface area contributed by atoms with Crippen LogP contribution in [0.4, 0.5) is 23.8 Å². The number of nitrogens with one attached hydrogen (secondary N) is 1. The van der Waals surface area contributed by atoms with E-state index >= 15 is 4.39 Å². The van der Waals surface area contributed by atoms with Gasteiger partial charge in [-0.05, 0) is 19.8 Å². The number of urea groups is 1. The fourth-order valence-electron chi connectivity index (χ4n) is 3.34. The number of anilines is 1. The van der Waals surface area contributed by atoms with E-state index in [0.29, 0.717) is 0 Å². The van der Waals surface area contributed by atoms with Gasteiger partial charge in [0.15, 0.2) is 5.82 Å². The lowest BCUT2D eigenvalue weighted by Crippen LogP contribution is -2.48. The van der Waals surface area contributed by atoms with Crippen molar-refractivity contribution in [1.29, 1.82) is 0 Å². The molecule has 9 nitrogen and oxygen atoms in total. The molecular formula is C16H20F3N5O4S. The Balaban J connectivity index is 1.73. The van der Waals surface area contributed by atoms with Crippen molar-refractivity contribution in [2.24, 2.45) is 13.0 Å². The summed E-state index contributed by atoms with van der Waals surface area (Å²) in [6.45, 7) is 1.07. The van der Waals surface area contributed by atoms with Crippen molar-refractivity contribution in [2.45, 2.75) is 36.1 Å². The van der Waals surface area contributed by atoms with E-state index in [1.165, 1.54) is 24.3 Å². The summed E-state index contributed by atoms with van der Waals surface area (Å²) in [4.78, 5) is 12.8. The lowest BCUT2D eigenvalue weighted by Gasteiger charge is -2.37. The summed E-state index contributed by atoms with van der Waals surface area (Å²) in [6.07, 6.45) is -0.896. The summed E-state index contributed by atoms with van der Waals surface area (Å²) in [5, 5.41) is 6.71. The molecule has 0 spiro atoms. The van der Waals surface area contributed by atoms with Crippen LogP contribution < -0.4 is 5.32 Å². The first-order valence-corrected chi connectivity index (χ1v) is 10.2. The molecule has 0 radical (unpaired) electrons. The molecule has 0 saturated carbocycles. The van der Waals surface area contributed by atoms with E-state index in [0.717, 1.165) is 17.8 Å². The Labute approximate surface area is 164 Å². The maximum absolute atomic E-state index is 15.5. The summed E-state index contributed by atoms with van der Waals surface area (Å²) in [5.41, 5.74) is -0.971. The monoisotopic (exact) mass is 435 g/mol. The van der Waals surface area contributed by atoms with Gasteiger partial charge in [-0.15, -0.1) is 0 Å². The highest BCUT2D eigenvalue weighted by Gasteiger charge is 2.50. The van der Waals surface area contributed by atoms with Crippen LogP contribution in [0.3, 0.4) is 0 Å². The zero-order valence-electron chi connectivity index (χ0n) is 15.7. The second-order valence-corrected chi connectivity index (χ2v) is 9.16. The van der Waals surface area contributed by atoms with Crippen molar-refractivity contribution >= 4 is 21.7 Å². The minimum Gasteiger partial charge on any atom is -0.363 e. The lowest BCUT2D eigenvalue weighted by molar-refractivity contribution is 0.116. The van der Waals surface area contributed by atoms with E-state index in [2.05, 4.69) is 20.1 Å². The Morgan fingerprint density at radius 2 is 2.03 bits per heavy atom. The molecule has 3 heterocycles. The topological polar surface area (TPSA) is 110 Å². The molecule has 3 rings (SSSR count). The average molecular weight is 435 g/mol. The molecular weight excluding hydrogens is 415 g/mol. The second kappa shape index (κ2) is 7.69. The van der Waals surface area contributed by atoms with Crippen molar-refractivity contribution in [3.63, 3.8) is 0 Å². The summed E-state index contributed by atoms with van der Waals surface area (Å²) in [5.74, 6) is -0.763. The molecule has 2 aromatic rings. The van der Waals surface area contributed by atoms with Crippen molar-refractivity contribution in [2.75, 3.05) is 18.4 Å². The number of rotatable bonds is 5. The molecule has 0 aliphatic carbocycles. The quantitative estimate of drug-likeness (QED) is 0.773. The smallest absolute Gasteiger partial charge is 0.323 e. The molecule has 2 amide bonds. The standard InChI is InChI=1S/C16H20F3N5O4S/c1-16(19,29(26,27)11-9-23(2)21-13(11)14(17)18)10-3-6-24(7-4-10)15(25)20-12-5-8-28-22-12/h5,8-10,14H,3-4,6-7H2,1-2H3,(H,20,22,25)/t16-/m0/s1. The van der Waals surface area contributed by atoms with Crippen molar-refractivity contribution in [1.82, 2.24) is 19.8 Å². The molecule has 0 unspecified atom stereocenters. The molecule has 1 saturated heterocycles. The lowest BCUT2D eigenvalue weighted by atomic mass is 9.92. The first-order valence-electron chi connectivity index (χ1n) is 8.75. The third-order valence-corrected chi connectivity index (χ3v) is 7.31. The van der Waals surface area contributed by atoms with Gasteiger partial charge in [0.1, 0.15) is 16.9 Å². The number of likely N-dealkylation sites (tertiary alicyclic amines) is 1. The van der Waals surface area contributed by atoms with Gasteiger partial charge < -0.3 is 9.42 Å². The highest BCUT2D eigenvalue weighted by atomic mass is 32.2. The van der Waals surface area contributed by atoms with Gasteiger partial charge in [-0.1, -0.05) is 5.16 Å². The third kappa shape index (κ3) is 3.95. The number of aryl methyl sites for hydroxylation is 1. The van der Waals surface area contributed by atoms with Gasteiger partial charge in [-0.2, -0.15) is 5.10 Å². The van der Waals surface area contributed by atoms with Gasteiger partial charge in [-0.3, -0.25) is 10.00 Å². The summed E-state index contributed by atoms with van der Waals surface area (Å²) in [7, 11) is -3.46. The summed E-state index contributed by atoms with van der Waals surface area (Å²) < 4.78 is 73.1. The molecule has 1 fully saturated rings. The molecule has 2 aromatic heterocycles. The molecule has 160 valence electrons. The fraction of sp³-hybridized carbons (Fsp3) is 0.562. The van der Waals surface area contributed by atoms with E-state index in [4.69, 9.17) is 0 Å². The average Bonchev–Trinajstić information content (AvgIpc) is 3.31. The molecule has 1 aliphatic rings. The number of carbonyl (C=O) groups excluding carboxylic acids is 1. The number of sulfone groups is 1. The number of halogens is 3. The predicted octanol–water partition coefficient (Wildman–Crippen LogP) is 2.75. The van der Waals surface area contributed by atoms with Crippen molar-refractivity contribution < 1.29 is 30.9 Å². The van der Waals surface area contributed by atoms with Crippen LogP contribution in [0.2, 0.25) is 0 Å². The van der Waals surface area contributed by atoms with E-state index in [1.807, 2.05) is 0 Å². The van der Waals surface area contributed by atoms with Crippen LogP contribution in [0.25, 0.3) is 0 Å². The third-order valence-electron chi connectivity index (χ3n) is 5.03. The number of piperidine rings is 1. The van der Waals surface area contributed by atoms with Crippen LogP contribution in [-0.4, -0.2) is 52.4 Å². The van der Waals surface area contributed by atoms with Crippen molar-refractivity contribution in [3.8, 4) is 0 Å².